The number of ketones is 1. The van der Waals surface area contributed by atoms with Crippen molar-refractivity contribution < 1.29 is 23.9 Å². The van der Waals surface area contributed by atoms with Crippen molar-refractivity contribution in [2.24, 2.45) is 11.3 Å². The summed E-state index contributed by atoms with van der Waals surface area (Å²) >= 11 is 0. The molecule has 0 N–H and O–H groups in total. The molecule has 1 aliphatic heterocycles. The van der Waals surface area contributed by atoms with Crippen LogP contribution in [0.3, 0.4) is 0 Å². The van der Waals surface area contributed by atoms with Crippen molar-refractivity contribution in [3.05, 3.63) is 0 Å². The predicted molar refractivity (Wildman–Crippen MR) is 103 cm³/mol. The SMILES string of the molecule is COC(=O)[C@H]1CN(CCC(C)(C)[C@H](C)C(C)=O)CCN1C(=O)OC(C)(C)C. The van der Waals surface area contributed by atoms with E-state index in [9.17, 15) is 14.4 Å². The third-order valence-electron chi connectivity index (χ3n) is 5.42. The van der Waals surface area contributed by atoms with Gasteiger partial charge in [0.05, 0.1) is 7.11 Å². The average molecular weight is 385 g/mol. The van der Waals surface area contributed by atoms with E-state index in [-0.39, 0.29) is 17.1 Å². The smallest absolute Gasteiger partial charge is 0.411 e. The van der Waals surface area contributed by atoms with Crippen LogP contribution in [0.4, 0.5) is 4.79 Å². The number of ether oxygens (including phenoxy) is 2. The Morgan fingerprint density at radius 2 is 1.70 bits per heavy atom. The first kappa shape index (κ1) is 23.4. The molecule has 156 valence electrons. The second kappa shape index (κ2) is 9.04. The van der Waals surface area contributed by atoms with Crippen LogP contribution in [-0.4, -0.2) is 72.6 Å². The zero-order valence-electron chi connectivity index (χ0n) is 18.1. The summed E-state index contributed by atoms with van der Waals surface area (Å²) in [6, 6.07) is -0.688. The van der Waals surface area contributed by atoms with Gasteiger partial charge < -0.3 is 9.47 Å². The number of nitrogens with zero attached hydrogens (tertiary/aromatic N) is 2. The fourth-order valence-corrected chi connectivity index (χ4v) is 3.13. The maximum atomic E-state index is 12.5. The van der Waals surface area contributed by atoms with Crippen molar-refractivity contribution in [3.8, 4) is 0 Å². The predicted octanol–water partition coefficient (Wildman–Crippen LogP) is 2.72. The van der Waals surface area contributed by atoms with Crippen LogP contribution in [-0.2, 0) is 19.1 Å². The average Bonchev–Trinajstić information content (AvgIpc) is 2.56. The van der Waals surface area contributed by atoms with Gasteiger partial charge in [-0.2, -0.15) is 0 Å². The molecule has 0 aromatic carbocycles. The molecule has 1 amide bonds. The lowest BCUT2D eigenvalue weighted by molar-refractivity contribution is -0.149. The van der Waals surface area contributed by atoms with E-state index in [4.69, 9.17) is 9.47 Å². The minimum Gasteiger partial charge on any atom is -0.467 e. The van der Waals surface area contributed by atoms with Gasteiger partial charge in [0.1, 0.15) is 17.4 Å². The number of Topliss-reactive ketones (excluding diaryl/α,β-unsaturated/α-hetero) is 1. The molecule has 1 aliphatic rings. The number of rotatable bonds is 6. The second-order valence-electron chi connectivity index (χ2n) is 9.08. The van der Waals surface area contributed by atoms with E-state index in [1.807, 2.05) is 6.92 Å². The molecule has 0 aliphatic carbocycles. The van der Waals surface area contributed by atoms with Gasteiger partial charge in [0.2, 0.25) is 0 Å². The molecule has 0 spiro atoms. The van der Waals surface area contributed by atoms with Crippen molar-refractivity contribution in [2.45, 2.75) is 66.5 Å². The summed E-state index contributed by atoms with van der Waals surface area (Å²) in [4.78, 5) is 40.0. The first-order valence-electron chi connectivity index (χ1n) is 9.58. The second-order valence-corrected chi connectivity index (χ2v) is 9.08. The lowest BCUT2D eigenvalue weighted by atomic mass is 9.75. The van der Waals surface area contributed by atoms with Crippen LogP contribution in [0, 0.1) is 11.3 Å². The molecule has 0 unspecified atom stereocenters. The third kappa shape index (κ3) is 6.79. The van der Waals surface area contributed by atoms with E-state index in [0.29, 0.717) is 19.6 Å². The van der Waals surface area contributed by atoms with Gasteiger partial charge in [0.25, 0.3) is 0 Å². The van der Waals surface area contributed by atoms with E-state index in [1.165, 1.54) is 12.0 Å². The molecular weight excluding hydrogens is 348 g/mol. The monoisotopic (exact) mass is 384 g/mol. The number of esters is 1. The zero-order chi connectivity index (χ0) is 21.0. The van der Waals surface area contributed by atoms with E-state index >= 15 is 0 Å². The number of carbonyl (C=O) groups excluding carboxylic acids is 3. The summed E-state index contributed by atoms with van der Waals surface area (Å²) in [6.45, 7) is 15.4. The highest BCUT2D eigenvalue weighted by Gasteiger charge is 2.39. The van der Waals surface area contributed by atoms with E-state index in [2.05, 4.69) is 18.7 Å². The van der Waals surface area contributed by atoms with Crippen molar-refractivity contribution >= 4 is 17.8 Å². The fraction of sp³-hybridized carbons (Fsp3) is 0.850. The van der Waals surface area contributed by atoms with Crippen molar-refractivity contribution in [2.75, 3.05) is 33.3 Å². The number of carbonyl (C=O) groups is 3. The first-order chi connectivity index (χ1) is 12.3. The summed E-state index contributed by atoms with van der Waals surface area (Å²) in [5.41, 5.74) is -0.753. The van der Waals surface area contributed by atoms with Crippen LogP contribution in [0.15, 0.2) is 0 Å². The van der Waals surface area contributed by atoms with Gasteiger partial charge in [-0.15, -0.1) is 0 Å². The first-order valence-corrected chi connectivity index (χ1v) is 9.58. The molecule has 27 heavy (non-hydrogen) atoms. The van der Waals surface area contributed by atoms with Gasteiger partial charge in [-0.25, -0.2) is 9.59 Å². The van der Waals surface area contributed by atoms with Crippen molar-refractivity contribution in [1.82, 2.24) is 9.80 Å². The molecule has 0 aromatic rings. The molecule has 0 radical (unpaired) electrons. The van der Waals surface area contributed by atoms with Gasteiger partial charge in [0.15, 0.2) is 0 Å². The topological polar surface area (TPSA) is 76.2 Å². The highest BCUT2D eigenvalue weighted by molar-refractivity contribution is 5.82. The summed E-state index contributed by atoms with van der Waals surface area (Å²) in [5.74, 6) is -0.291. The Kier molecular flexibility index (Phi) is 7.84. The lowest BCUT2D eigenvalue weighted by Gasteiger charge is -2.41. The number of methoxy groups -OCH3 is 1. The van der Waals surface area contributed by atoms with Gasteiger partial charge in [0, 0.05) is 25.6 Å². The van der Waals surface area contributed by atoms with Crippen LogP contribution in [0.5, 0.6) is 0 Å². The largest absolute Gasteiger partial charge is 0.467 e. The Balaban J connectivity index is 2.78. The maximum Gasteiger partial charge on any atom is 0.411 e. The Labute approximate surface area is 163 Å². The van der Waals surface area contributed by atoms with Crippen LogP contribution in [0.1, 0.15) is 54.9 Å². The molecule has 1 saturated heterocycles. The van der Waals surface area contributed by atoms with E-state index in [1.54, 1.807) is 27.7 Å². The van der Waals surface area contributed by atoms with E-state index < -0.39 is 23.7 Å². The summed E-state index contributed by atoms with van der Waals surface area (Å²) < 4.78 is 10.3. The molecule has 0 bridgehead atoms. The van der Waals surface area contributed by atoms with Crippen LogP contribution in [0.2, 0.25) is 0 Å². The Bertz CT molecular complexity index is 553. The third-order valence-corrected chi connectivity index (χ3v) is 5.42. The Hall–Kier alpha value is -1.63. The highest BCUT2D eigenvalue weighted by Crippen LogP contribution is 2.31. The molecule has 1 fully saturated rings. The Morgan fingerprint density at radius 3 is 2.19 bits per heavy atom. The molecule has 0 saturated carbocycles. The molecule has 2 atom stereocenters. The Morgan fingerprint density at radius 1 is 1.11 bits per heavy atom. The number of hydrogen-bond acceptors (Lipinski definition) is 6. The molecule has 1 rings (SSSR count). The minimum atomic E-state index is -0.688. The van der Waals surface area contributed by atoms with Crippen LogP contribution < -0.4 is 0 Å². The van der Waals surface area contributed by atoms with Crippen LogP contribution >= 0.6 is 0 Å². The van der Waals surface area contributed by atoms with E-state index in [0.717, 1.165) is 13.0 Å². The molecule has 7 heteroatoms. The fourth-order valence-electron chi connectivity index (χ4n) is 3.13. The summed E-state index contributed by atoms with van der Waals surface area (Å²) in [6.07, 6.45) is 0.330. The van der Waals surface area contributed by atoms with Gasteiger partial charge in [-0.05, 0) is 46.1 Å². The highest BCUT2D eigenvalue weighted by atomic mass is 16.6. The zero-order valence-corrected chi connectivity index (χ0v) is 18.1. The number of hydrogen-bond donors (Lipinski definition) is 0. The molecule has 1 heterocycles. The lowest BCUT2D eigenvalue weighted by Crippen LogP contribution is -2.59. The van der Waals surface area contributed by atoms with Gasteiger partial charge >= 0.3 is 12.1 Å². The normalized spacial score (nSPS) is 20.1. The molecule has 7 nitrogen and oxygen atoms in total. The van der Waals surface area contributed by atoms with Crippen LogP contribution in [0.25, 0.3) is 0 Å². The number of amides is 1. The van der Waals surface area contributed by atoms with Crippen molar-refractivity contribution in [1.29, 1.82) is 0 Å². The summed E-state index contributed by atoms with van der Waals surface area (Å²) in [5, 5.41) is 0. The molecular formula is C20H36N2O5. The quantitative estimate of drug-likeness (QED) is 0.656. The van der Waals surface area contributed by atoms with Gasteiger partial charge in [-0.3, -0.25) is 14.6 Å². The van der Waals surface area contributed by atoms with Crippen molar-refractivity contribution in [3.63, 3.8) is 0 Å². The van der Waals surface area contributed by atoms with Gasteiger partial charge in [-0.1, -0.05) is 20.8 Å². The molecule has 0 aromatic heterocycles. The minimum absolute atomic E-state index is 0.0306. The number of piperazine rings is 1. The maximum absolute atomic E-state index is 12.5. The standard InChI is InChI=1S/C20H36N2O5/c1-14(15(2)23)20(6,7)9-10-21-11-12-22(16(13-21)17(24)26-8)18(25)27-19(3,4)5/h14,16H,9-13H2,1-8H3/t14-,16-/m1/s1. The summed E-state index contributed by atoms with van der Waals surface area (Å²) in [7, 11) is 1.33.